The minimum Gasteiger partial charge on any atom is -0.376 e. The predicted octanol–water partition coefficient (Wildman–Crippen LogP) is 4.10. The molecule has 1 atom stereocenters. The second-order valence-electron chi connectivity index (χ2n) is 7.75. The van der Waals surface area contributed by atoms with Gasteiger partial charge in [-0.05, 0) is 55.3 Å². The molecule has 0 spiro atoms. The van der Waals surface area contributed by atoms with E-state index in [9.17, 15) is 14.4 Å². The smallest absolute Gasteiger partial charge is 0.255 e. The summed E-state index contributed by atoms with van der Waals surface area (Å²) in [5, 5.41) is 8.48. The van der Waals surface area contributed by atoms with Gasteiger partial charge in [-0.25, -0.2) is 0 Å². The van der Waals surface area contributed by atoms with Gasteiger partial charge in [0, 0.05) is 30.0 Å². The van der Waals surface area contributed by atoms with Crippen LogP contribution in [-0.4, -0.2) is 37.0 Å². The van der Waals surface area contributed by atoms with E-state index in [0.29, 0.717) is 34.6 Å². The summed E-state index contributed by atoms with van der Waals surface area (Å²) in [6.07, 6.45) is 1.96. The van der Waals surface area contributed by atoms with E-state index in [-0.39, 0.29) is 23.8 Å². The van der Waals surface area contributed by atoms with Gasteiger partial charge in [-0.15, -0.1) is 0 Å². The van der Waals surface area contributed by atoms with Gasteiger partial charge in [-0.3, -0.25) is 14.4 Å². The molecule has 1 aliphatic heterocycles. The van der Waals surface area contributed by atoms with Gasteiger partial charge in [-0.1, -0.05) is 36.4 Å². The number of rotatable bonds is 7. The Labute approximate surface area is 192 Å². The molecular weight excluding hydrogens is 418 g/mol. The number of anilines is 2. The van der Waals surface area contributed by atoms with Crippen molar-refractivity contribution in [2.45, 2.75) is 18.9 Å². The van der Waals surface area contributed by atoms with E-state index in [1.54, 1.807) is 72.8 Å². The van der Waals surface area contributed by atoms with Gasteiger partial charge in [0.25, 0.3) is 17.7 Å². The monoisotopic (exact) mass is 443 g/mol. The van der Waals surface area contributed by atoms with Crippen LogP contribution in [0.5, 0.6) is 0 Å². The highest BCUT2D eigenvalue weighted by atomic mass is 16.5. The van der Waals surface area contributed by atoms with Crippen LogP contribution in [0.3, 0.4) is 0 Å². The Hall–Kier alpha value is -3.97. The molecule has 33 heavy (non-hydrogen) atoms. The van der Waals surface area contributed by atoms with Gasteiger partial charge >= 0.3 is 0 Å². The van der Waals surface area contributed by atoms with Crippen molar-refractivity contribution in [3.8, 4) is 0 Å². The van der Waals surface area contributed by atoms with Gasteiger partial charge in [0.05, 0.1) is 17.4 Å². The average molecular weight is 444 g/mol. The molecular formula is C26H25N3O4. The first-order chi connectivity index (χ1) is 16.1. The predicted molar refractivity (Wildman–Crippen MR) is 127 cm³/mol. The Morgan fingerprint density at radius 1 is 0.788 bits per heavy atom. The largest absolute Gasteiger partial charge is 0.376 e. The highest BCUT2D eigenvalue weighted by Crippen LogP contribution is 2.19. The van der Waals surface area contributed by atoms with Crippen LogP contribution in [-0.2, 0) is 4.74 Å². The molecule has 0 aromatic heterocycles. The number of hydrogen-bond acceptors (Lipinski definition) is 4. The molecule has 7 nitrogen and oxygen atoms in total. The van der Waals surface area contributed by atoms with Gasteiger partial charge in [0.1, 0.15) is 0 Å². The average Bonchev–Trinajstić information content (AvgIpc) is 3.37. The fourth-order valence-electron chi connectivity index (χ4n) is 3.62. The van der Waals surface area contributed by atoms with Crippen LogP contribution in [0.4, 0.5) is 11.4 Å². The van der Waals surface area contributed by atoms with Gasteiger partial charge in [0.15, 0.2) is 0 Å². The SMILES string of the molecule is O=C(Nc1cccc(C(=O)Nc2ccccc2C(=O)NCC2CCCO2)c1)c1ccccc1. The molecule has 1 aliphatic rings. The molecule has 3 aromatic carbocycles. The van der Waals surface area contributed by atoms with E-state index >= 15 is 0 Å². The van der Waals surface area contributed by atoms with Gasteiger partial charge in [-0.2, -0.15) is 0 Å². The van der Waals surface area contributed by atoms with Crippen LogP contribution < -0.4 is 16.0 Å². The van der Waals surface area contributed by atoms with Crippen molar-refractivity contribution in [1.82, 2.24) is 5.32 Å². The van der Waals surface area contributed by atoms with E-state index < -0.39 is 0 Å². The molecule has 0 aliphatic carbocycles. The van der Waals surface area contributed by atoms with Crippen molar-refractivity contribution in [2.75, 3.05) is 23.8 Å². The Balaban J connectivity index is 1.42. The summed E-state index contributed by atoms with van der Waals surface area (Å²) in [7, 11) is 0. The maximum Gasteiger partial charge on any atom is 0.255 e. The first-order valence-corrected chi connectivity index (χ1v) is 10.9. The van der Waals surface area contributed by atoms with E-state index in [1.807, 2.05) is 6.07 Å². The highest BCUT2D eigenvalue weighted by Gasteiger charge is 2.19. The summed E-state index contributed by atoms with van der Waals surface area (Å²) in [6, 6.07) is 22.3. The lowest BCUT2D eigenvalue weighted by Gasteiger charge is -2.14. The fourth-order valence-corrected chi connectivity index (χ4v) is 3.62. The summed E-state index contributed by atoms with van der Waals surface area (Å²) in [6.45, 7) is 1.16. The van der Waals surface area contributed by atoms with Crippen LogP contribution >= 0.6 is 0 Å². The van der Waals surface area contributed by atoms with E-state index in [1.165, 1.54) is 0 Å². The maximum atomic E-state index is 12.9. The molecule has 0 bridgehead atoms. The lowest BCUT2D eigenvalue weighted by molar-refractivity contribution is 0.0858. The molecule has 0 saturated carbocycles. The number of carbonyl (C=O) groups excluding carboxylic acids is 3. The molecule has 1 fully saturated rings. The molecule has 0 radical (unpaired) electrons. The van der Waals surface area contributed by atoms with Crippen molar-refractivity contribution < 1.29 is 19.1 Å². The summed E-state index contributed by atoms with van der Waals surface area (Å²) in [5.41, 5.74) is 2.16. The van der Waals surface area contributed by atoms with Crippen molar-refractivity contribution in [2.24, 2.45) is 0 Å². The molecule has 1 saturated heterocycles. The Kier molecular flexibility index (Phi) is 7.12. The first-order valence-electron chi connectivity index (χ1n) is 10.9. The fraction of sp³-hybridized carbons (Fsp3) is 0.192. The van der Waals surface area contributed by atoms with Crippen LogP contribution in [0.25, 0.3) is 0 Å². The number of hydrogen-bond donors (Lipinski definition) is 3. The summed E-state index contributed by atoms with van der Waals surface area (Å²) < 4.78 is 5.54. The molecule has 168 valence electrons. The second-order valence-corrected chi connectivity index (χ2v) is 7.75. The third kappa shape index (κ3) is 5.84. The van der Waals surface area contributed by atoms with Crippen LogP contribution in [0, 0.1) is 0 Å². The minimum atomic E-state index is -0.384. The summed E-state index contributed by atoms with van der Waals surface area (Å²) >= 11 is 0. The molecule has 4 rings (SSSR count). The minimum absolute atomic E-state index is 0.0320. The van der Waals surface area contributed by atoms with Gasteiger partial charge < -0.3 is 20.7 Å². The number of amides is 3. The van der Waals surface area contributed by atoms with Crippen LogP contribution in [0.1, 0.15) is 43.9 Å². The number of para-hydroxylation sites is 1. The van der Waals surface area contributed by atoms with Gasteiger partial charge in [0.2, 0.25) is 0 Å². The molecule has 3 N–H and O–H groups in total. The second kappa shape index (κ2) is 10.6. The zero-order valence-electron chi connectivity index (χ0n) is 18.0. The Morgan fingerprint density at radius 3 is 2.30 bits per heavy atom. The third-order valence-corrected chi connectivity index (χ3v) is 5.35. The van der Waals surface area contributed by atoms with Crippen molar-refractivity contribution in [3.05, 3.63) is 95.6 Å². The normalized spacial score (nSPS) is 15.0. The molecule has 3 amide bonds. The lowest BCUT2D eigenvalue weighted by atomic mass is 10.1. The van der Waals surface area contributed by atoms with E-state index in [0.717, 1.165) is 19.4 Å². The van der Waals surface area contributed by atoms with E-state index in [4.69, 9.17) is 4.74 Å². The summed E-state index contributed by atoms with van der Waals surface area (Å²) in [5.74, 6) is -0.920. The van der Waals surface area contributed by atoms with Crippen molar-refractivity contribution >= 4 is 29.1 Å². The van der Waals surface area contributed by atoms with Crippen molar-refractivity contribution in [1.29, 1.82) is 0 Å². The summed E-state index contributed by atoms with van der Waals surface area (Å²) in [4.78, 5) is 38.0. The van der Waals surface area contributed by atoms with Crippen molar-refractivity contribution in [3.63, 3.8) is 0 Å². The standard InChI is InChI=1S/C26H25N3O4/c30-24(18-8-2-1-3-9-18)28-20-11-6-10-19(16-20)25(31)29-23-14-5-4-13-22(23)26(32)27-17-21-12-7-15-33-21/h1-6,8-11,13-14,16,21H,7,12,15,17H2,(H,27,32)(H,28,30)(H,29,31). The van der Waals surface area contributed by atoms with E-state index in [2.05, 4.69) is 16.0 Å². The first kappa shape index (κ1) is 22.2. The molecule has 3 aromatic rings. The third-order valence-electron chi connectivity index (χ3n) is 5.35. The topological polar surface area (TPSA) is 96.5 Å². The lowest BCUT2D eigenvalue weighted by Crippen LogP contribution is -2.32. The Bertz CT molecular complexity index is 1140. The number of ether oxygens (including phenoxy) is 1. The zero-order valence-corrected chi connectivity index (χ0v) is 18.0. The quantitative estimate of drug-likeness (QED) is 0.512. The Morgan fingerprint density at radius 2 is 1.52 bits per heavy atom. The van der Waals surface area contributed by atoms with Crippen LogP contribution in [0.2, 0.25) is 0 Å². The maximum absolute atomic E-state index is 12.9. The van der Waals surface area contributed by atoms with Crippen LogP contribution in [0.15, 0.2) is 78.9 Å². The molecule has 1 unspecified atom stereocenters. The number of carbonyl (C=O) groups is 3. The zero-order chi connectivity index (χ0) is 23.0. The number of nitrogens with one attached hydrogen (secondary N) is 3. The molecule has 1 heterocycles. The molecule has 7 heteroatoms. The number of benzene rings is 3. The highest BCUT2D eigenvalue weighted by molar-refractivity contribution is 6.10.